The van der Waals surface area contributed by atoms with Crippen molar-refractivity contribution < 1.29 is 14.0 Å². The van der Waals surface area contributed by atoms with Crippen LogP contribution in [0.15, 0.2) is 71.7 Å². The first kappa shape index (κ1) is 23.9. The van der Waals surface area contributed by atoms with E-state index < -0.39 is 5.82 Å². The highest BCUT2D eigenvalue weighted by Crippen LogP contribution is 2.46. The number of fused-ring (bicyclic) bond motifs is 1. The molecule has 1 aliphatic carbocycles. The van der Waals surface area contributed by atoms with Crippen molar-refractivity contribution in [2.75, 3.05) is 23.8 Å². The van der Waals surface area contributed by atoms with E-state index in [-0.39, 0.29) is 22.8 Å². The Hall–Kier alpha value is -3.80. The molecule has 5 rings (SSSR count). The van der Waals surface area contributed by atoms with E-state index in [1.165, 1.54) is 23.4 Å². The van der Waals surface area contributed by atoms with E-state index in [4.69, 9.17) is 0 Å². The highest BCUT2D eigenvalue weighted by Gasteiger charge is 2.42. The molecule has 1 unspecified atom stereocenters. The quantitative estimate of drug-likeness (QED) is 0.481. The Morgan fingerprint density at radius 2 is 1.81 bits per heavy atom. The molecule has 1 spiro atoms. The topological polar surface area (TPSA) is 61.8 Å². The standard InChI is InChI=1S/C30H30FN3O2/c1-20-9-12-23(31)18-25(20)28(35)33-24-13-10-21(11-14-24)29(36)34-17-16-30(15-5-8-27(30)32-2)19-22-6-3-4-7-26(22)34/h3-4,6-7,9-14,18H,5,8,15-17,19H2,1-2H3,(H,33,35)/b32-27+. The molecule has 1 aliphatic heterocycles. The predicted molar refractivity (Wildman–Crippen MR) is 142 cm³/mol. The van der Waals surface area contributed by atoms with Gasteiger partial charge in [-0.1, -0.05) is 24.3 Å². The van der Waals surface area contributed by atoms with E-state index in [0.717, 1.165) is 37.8 Å². The Balaban J connectivity index is 1.37. The van der Waals surface area contributed by atoms with Crippen LogP contribution in [0.1, 0.15) is 57.5 Å². The van der Waals surface area contributed by atoms with E-state index in [1.807, 2.05) is 30.1 Å². The summed E-state index contributed by atoms with van der Waals surface area (Å²) in [6.07, 6.45) is 5.08. The molecule has 0 aromatic heterocycles. The third-order valence-corrected chi connectivity index (χ3v) is 7.66. The lowest BCUT2D eigenvalue weighted by Crippen LogP contribution is -2.35. The van der Waals surface area contributed by atoms with Crippen LogP contribution < -0.4 is 10.2 Å². The third kappa shape index (κ3) is 4.43. The molecule has 3 aromatic rings. The molecule has 2 amide bonds. The van der Waals surface area contributed by atoms with Gasteiger partial charge >= 0.3 is 0 Å². The van der Waals surface area contributed by atoms with Crippen LogP contribution in [0.25, 0.3) is 0 Å². The SMILES string of the molecule is C/N=C1\CCCC12CCN(C(=O)c1ccc(NC(=O)c3cc(F)ccc3C)cc1)c1ccccc1C2. The van der Waals surface area contributed by atoms with Gasteiger partial charge in [0.15, 0.2) is 0 Å². The molecule has 1 heterocycles. The summed E-state index contributed by atoms with van der Waals surface area (Å²) < 4.78 is 13.6. The molecular weight excluding hydrogens is 453 g/mol. The van der Waals surface area contributed by atoms with Gasteiger partial charge in [0.1, 0.15) is 5.82 Å². The zero-order valence-electron chi connectivity index (χ0n) is 20.7. The minimum absolute atomic E-state index is 0.0308. The first-order valence-corrected chi connectivity index (χ1v) is 12.4. The summed E-state index contributed by atoms with van der Waals surface area (Å²) >= 11 is 0. The summed E-state index contributed by atoms with van der Waals surface area (Å²) in [6, 6.07) is 19.2. The molecule has 0 radical (unpaired) electrons. The maximum Gasteiger partial charge on any atom is 0.258 e. The molecule has 6 heteroatoms. The number of rotatable bonds is 3. The first-order valence-electron chi connectivity index (χ1n) is 12.4. The summed E-state index contributed by atoms with van der Waals surface area (Å²) in [6.45, 7) is 2.40. The molecule has 0 saturated heterocycles. The summed E-state index contributed by atoms with van der Waals surface area (Å²) in [7, 11) is 1.89. The third-order valence-electron chi connectivity index (χ3n) is 7.66. The molecule has 1 atom stereocenters. The fourth-order valence-electron chi connectivity index (χ4n) is 5.74. The van der Waals surface area contributed by atoms with Crippen molar-refractivity contribution in [1.29, 1.82) is 0 Å². The second kappa shape index (κ2) is 9.69. The van der Waals surface area contributed by atoms with E-state index >= 15 is 0 Å². The maximum atomic E-state index is 13.7. The lowest BCUT2D eigenvalue weighted by molar-refractivity contribution is 0.0984. The highest BCUT2D eigenvalue weighted by molar-refractivity contribution is 6.08. The van der Waals surface area contributed by atoms with E-state index in [1.54, 1.807) is 37.3 Å². The van der Waals surface area contributed by atoms with E-state index in [9.17, 15) is 14.0 Å². The number of carbonyl (C=O) groups excluding carboxylic acids is 2. The van der Waals surface area contributed by atoms with Crippen molar-refractivity contribution in [3.63, 3.8) is 0 Å². The van der Waals surface area contributed by atoms with E-state index in [0.29, 0.717) is 23.4 Å². The van der Waals surface area contributed by atoms with Crippen LogP contribution >= 0.6 is 0 Å². The van der Waals surface area contributed by atoms with Crippen LogP contribution in [0.4, 0.5) is 15.8 Å². The first-order chi connectivity index (χ1) is 17.4. The van der Waals surface area contributed by atoms with Gasteiger partial charge in [-0.25, -0.2) is 4.39 Å². The van der Waals surface area contributed by atoms with Crippen LogP contribution in [0, 0.1) is 18.2 Å². The Kier molecular flexibility index (Phi) is 6.44. The van der Waals surface area contributed by atoms with Gasteiger partial charge in [0.2, 0.25) is 0 Å². The van der Waals surface area contributed by atoms with Crippen LogP contribution in [0.3, 0.4) is 0 Å². The minimum Gasteiger partial charge on any atom is -0.322 e. The average molecular weight is 484 g/mol. The average Bonchev–Trinajstić information content (AvgIpc) is 3.20. The minimum atomic E-state index is -0.457. The Bertz CT molecular complexity index is 1350. The molecule has 0 bridgehead atoms. The van der Waals surface area contributed by atoms with Crippen LogP contribution in [-0.2, 0) is 6.42 Å². The predicted octanol–water partition coefficient (Wildman–Crippen LogP) is 6.22. The molecule has 1 N–H and O–H groups in total. The number of hydrogen-bond donors (Lipinski definition) is 1. The number of anilines is 2. The Labute approximate surface area is 211 Å². The fraction of sp³-hybridized carbons (Fsp3) is 0.300. The summed E-state index contributed by atoms with van der Waals surface area (Å²) in [5.74, 6) is -0.907. The molecule has 5 nitrogen and oxygen atoms in total. The number of halogens is 1. The molecule has 2 aliphatic rings. The normalized spacial score (nSPS) is 20.3. The lowest BCUT2D eigenvalue weighted by Gasteiger charge is -2.29. The smallest absolute Gasteiger partial charge is 0.258 e. The molecule has 1 fully saturated rings. The Morgan fingerprint density at radius 1 is 1.03 bits per heavy atom. The number of carbonyl (C=O) groups is 2. The lowest BCUT2D eigenvalue weighted by atomic mass is 9.76. The number of nitrogens with one attached hydrogen (secondary N) is 1. The molecular formula is C30H30FN3O2. The summed E-state index contributed by atoms with van der Waals surface area (Å²) in [4.78, 5) is 32.8. The van der Waals surface area contributed by atoms with Gasteiger partial charge in [-0.2, -0.15) is 0 Å². The second-order valence-corrected chi connectivity index (χ2v) is 9.81. The second-order valence-electron chi connectivity index (χ2n) is 9.81. The number of nitrogens with zero attached hydrogens (tertiary/aromatic N) is 2. The maximum absolute atomic E-state index is 13.7. The fourth-order valence-corrected chi connectivity index (χ4v) is 5.74. The number of aliphatic imine (C=N–C) groups is 1. The molecule has 36 heavy (non-hydrogen) atoms. The number of para-hydroxylation sites is 1. The van der Waals surface area contributed by atoms with Crippen molar-refractivity contribution in [2.45, 2.75) is 39.0 Å². The van der Waals surface area contributed by atoms with Crippen molar-refractivity contribution in [2.24, 2.45) is 10.4 Å². The van der Waals surface area contributed by atoms with Gasteiger partial charge < -0.3 is 10.2 Å². The number of benzene rings is 3. The molecule has 184 valence electrons. The zero-order valence-corrected chi connectivity index (χ0v) is 20.7. The van der Waals surface area contributed by atoms with Crippen LogP contribution in [0.5, 0.6) is 0 Å². The number of aryl methyl sites for hydroxylation is 1. The highest BCUT2D eigenvalue weighted by atomic mass is 19.1. The summed E-state index contributed by atoms with van der Waals surface area (Å²) in [5.41, 5.74) is 5.52. The van der Waals surface area contributed by atoms with Gasteiger partial charge in [0.05, 0.1) is 0 Å². The van der Waals surface area contributed by atoms with Crippen LogP contribution in [0.2, 0.25) is 0 Å². The monoisotopic (exact) mass is 483 g/mol. The number of amides is 2. The van der Waals surface area contributed by atoms with E-state index in [2.05, 4.69) is 16.4 Å². The van der Waals surface area contributed by atoms with Gasteiger partial charge in [0.25, 0.3) is 11.8 Å². The number of hydrogen-bond acceptors (Lipinski definition) is 3. The van der Waals surface area contributed by atoms with Gasteiger partial charge in [-0.15, -0.1) is 0 Å². The van der Waals surface area contributed by atoms with Crippen molar-refractivity contribution in [1.82, 2.24) is 0 Å². The Morgan fingerprint density at radius 3 is 2.58 bits per heavy atom. The van der Waals surface area contributed by atoms with Gasteiger partial charge in [-0.05, 0) is 92.6 Å². The largest absolute Gasteiger partial charge is 0.322 e. The van der Waals surface area contributed by atoms with Crippen molar-refractivity contribution in [3.8, 4) is 0 Å². The molecule has 3 aromatic carbocycles. The summed E-state index contributed by atoms with van der Waals surface area (Å²) in [5, 5.41) is 2.80. The van der Waals surface area contributed by atoms with Crippen molar-refractivity contribution >= 4 is 28.9 Å². The zero-order chi connectivity index (χ0) is 25.3. The van der Waals surface area contributed by atoms with Gasteiger partial charge in [0, 0.05) is 47.2 Å². The van der Waals surface area contributed by atoms with Crippen molar-refractivity contribution in [3.05, 3.63) is 94.8 Å². The van der Waals surface area contributed by atoms with Gasteiger partial charge in [-0.3, -0.25) is 14.6 Å². The van der Waals surface area contributed by atoms with Crippen LogP contribution in [-0.4, -0.2) is 31.1 Å². The molecule has 1 saturated carbocycles.